The standard InChI is InChI=1S/C20H23FIN2O2PS.C4H8.C3H6.C2H4/c1-24-11-5-3-4-6-17(12-16-7-9-18(21)10-8-16)14-23-15-19(13-20(24)25)28-27(22)26-2;1-3-4-2;1-3-2;1-2/h3,5-10,13-14H,4,11-12,15H2,1-2H3;3H,1,4H2,2H3;3H,1H2,2H3;1-2H2/b5-3+,17-6-,19-13-,23-14?;;;. The van der Waals surface area contributed by atoms with Crippen molar-refractivity contribution in [3.8, 4) is 0 Å². The third-order valence-electron chi connectivity index (χ3n) is 4.17. The Morgan fingerprint density at radius 3 is 2.38 bits per heavy atom. The van der Waals surface area contributed by atoms with Gasteiger partial charge in [-0.3, -0.25) is 9.79 Å². The fourth-order valence-electron chi connectivity index (χ4n) is 2.38. The van der Waals surface area contributed by atoms with E-state index >= 15 is 0 Å². The summed E-state index contributed by atoms with van der Waals surface area (Å²) >= 11 is 3.78. The highest BCUT2D eigenvalue weighted by atomic mass is 127. The molecule has 37 heavy (non-hydrogen) atoms. The Morgan fingerprint density at radius 1 is 1.24 bits per heavy atom. The molecule has 0 saturated carbocycles. The first-order chi connectivity index (χ1) is 17.8. The maximum atomic E-state index is 13.1. The lowest BCUT2D eigenvalue weighted by Gasteiger charge is -2.14. The molecule has 204 valence electrons. The van der Waals surface area contributed by atoms with Crippen LogP contribution in [0, 0.1) is 5.82 Å². The van der Waals surface area contributed by atoms with Crippen LogP contribution in [0.15, 0.2) is 103 Å². The fourth-order valence-corrected chi connectivity index (χ4v) is 6.31. The average molecular weight is 659 g/mol. The van der Waals surface area contributed by atoms with Crippen molar-refractivity contribution in [1.29, 1.82) is 0 Å². The predicted molar refractivity (Wildman–Crippen MR) is 174 cm³/mol. The molecule has 1 heterocycles. The Balaban J connectivity index is 0. The van der Waals surface area contributed by atoms with Gasteiger partial charge in [-0.25, -0.2) is 4.39 Å². The van der Waals surface area contributed by atoms with E-state index in [1.165, 1.54) is 23.5 Å². The number of aliphatic imine (C=N–C) groups is 1. The molecule has 1 aromatic rings. The average Bonchev–Trinajstić information content (AvgIpc) is 2.91. The molecule has 0 spiro atoms. The van der Waals surface area contributed by atoms with Gasteiger partial charge in [-0.15, -0.1) is 26.3 Å². The number of nitrogens with zero attached hydrogens (tertiary/aromatic N) is 2. The number of carbonyl (C=O) groups excluding carboxylic acids is 1. The number of benzene rings is 1. The second kappa shape index (κ2) is 25.8. The largest absolute Gasteiger partial charge is 0.343 e. The second-order valence-electron chi connectivity index (χ2n) is 7.18. The van der Waals surface area contributed by atoms with Gasteiger partial charge in [0.05, 0.1) is 6.54 Å². The van der Waals surface area contributed by atoms with Gasteiger partial charge >= 0.3 is 0 Å². The number of carbonyl (C=O) groups is 1. The van der Waals surface area contributed by atoms with Crippen molar-refractivity contribution in [3.05, 3.63) is 109 Å². The van der Waals surface area contributed by atoms with Gasteiger partial charge in [-0.1, -0.05) is 60.8 Å². The molecule has 8 heteroatoms. The molecule has 4 nitrogen and oxygen atoms in total. The number of halogens is 2. The number of amides is 1. The van der Waals surface area contributed by atoms with Gasteiger partial charge in [0, 0.05) is 37.9 Å². The van der Waals surface area contributed by atoms with Gasteiger partial charge < -0.3 is 9.42 Å². The van der Waals surface area contributed by atoms with E-state index in [-0.39, 0.29) is 11.7 Å². The maximum absolute atomic E-state index is 13.1. The van der Waals surface area contributed by atoms with Crippen molar-refractivity contribution in [2.45, 2.75) is 33.1 Å². The van der Waals surface area contributed by atoms with Crippen LogP contribution in [0.2, 0.25) is 0 Å². The molecule has 0 aliphatic carbocycles. The molecule has 0 saturated heterocycles. The van der Waals surface area contributed by atoms with Crippen molar-refractivity contribution in [2.75, 3.05) is 27.2 Å². The quantitative estimate of drug-likeness (QED) is 0.174. The number of allylic oxidation sites excluding steroid dienone is 5. The molecule has 2 rings (SSSR count). The Labute approximate surface area is 242 Å². The van der Waals surface area contributed by atoms with E-state index in [0.29, 0.717) is 19.5 Å². The Morgan fingerprint density at radius 2 is 1.84 bits per heavy atom. The van der Waals surface area contributed by atoms with Crippen molar-refractivity contribution >= 4 is 50.5 Å². The van der Waals surface area contributed by atoms with Crippen LogP contribution in [-0.4, -0.2) is 44.3 Å². The number of hydrogen-bond donors (Lipinski definition) is 0. The van der Waals surface area contributed by atoms with E-state index < -0.39 is 4.99 Å². The van der Waals surface area contributed by atoms with Crippen molar-refractivity contribution in [2.24, 2.45) is 4.99 Å². The lowest BCUT2D eigenvalue weighted by Crippen LogP contribution is -2.25. The first-order valence-corrected chi connectivity index (χ1v) is 17.2. The van der Waals surface area contributed by atoms with Crippen molar-refractivity contribution in [1.82, 2.24) is 4.90 Å². The highest BCUT2D eigenvalue weighted by Gasteiger charge is 2.12. The monoisotopic (exact) mass is 658 g/mol. The van der Waals surface area contributed by atoms with Crippen LogP contribution in [0.5, 0.6) is 0 Å². The molecule has 0 aromatic heterocycles. The van der Waals surface area contributed by atoms with Crippen LogP contribution in [0.4, 0.5) is 4.39 Å². The highest BCUT2D eigenvalue weighted by Crippen LogP contribution is 2.60. The molecule has 0 bridgehead atoms. The molecule has 1 amide bonds. The molecule has 0 N–H and O–H groups in total. The van der Waals surface area contributed by atoms with Crippen LogP contribution in [-0.2, 0) is 15.7 Å². The predicted octanol–water partition coefficient (Wildman–Crippen LogP) is 9.29. The van der Waals surface area contributed by atoms with E-state index in [2.05, 4.69) is 66.3 Å². The number of hydrogen-bond acceptors (Lipinski definition) is 4. The summed E-state index contributed by atoms with van der Waals surface area (Å²) in [5.74, 6) is -0.282. The molecule has 1 aliphatic heterocycles. The zero-order valence-electron chi connectivity index (χ0n) is 22.5. The van der Waals surface area contributed by atoms with E-state index in [4.69, 9.17) is 4.52 Å². The minimum atomic E-state index is -0.732. The van der Waals surface area contributed by atoms with E-state index in [0.717, 1.165) is 28.9 Å². The summed E-state index contributed by atoms with van der Waals surface area (Å²) in [7, 11) is 3.45. The first kappa shape index (κ1) is 37.4. The van der Waals surface area contributed by atoms with Crippen molar-refractivity contribution in [3.63, 3.8) is 0 Å². The van der Waals surface area contributed by atoms with Gasteiger partial charge in [0.25, 0.3) is 0 Å². The van der Waals surface area contributed by atoms with Crippen LogP contribution < -0.4 is 0 Å². The van der Waals surface area contributed by atoms with Crippen LogP contribution in [0.3, 0.4) is 0 Å². The van der Waals surface area contributed by atoms with Gasteiger partial charge in [0.2, 0.25) is 5.91 Å². The summed E-state index contributed by atoms with van der Waals surface area (Å²) in [4.78, 5) is 18.8. The molecule has 1 aromatic carbocycles. The zero-order valence-corrected chi connectivity index (χ0v) is 26.4. The summed E-state index contributed by atoms with van der Waals surface area (Å²) in [6.07, 6.45) is 15.8. The summed E-state index contributed by atoms with van der Waals surface area (Å²) in [5.41, 5.74) is 2.09. The summed E-state index contributed by atoms with van der Waals surface area (Å²) in [6.45, 7) is 17.8. The second-order valence-corrected chi connectivity index (χ2v) is 14.8. The van der Waals surface area contributed by atoms with Crippen molar-refractivity contribution < 1.29 is 13.7 Å². The Hall–Kier alpha value is -1.80. The van der Waals surface area contributed by atoms with Crippen LogP contribution >= 0.6 is 38.4 Å². The Bertz CT molecular complexity index is 902. The molecule has 1 atom stereocenters. The minimum absolute atomic E-state index is 0.0444. The van der Waals surface area contributed by atoms with E-state index in [1.807, 2.05) is 31.4 Å². The van der Waals surface area contributed by atoms with Crippen LogP contribution in [0.1, 0.15) is 32.3 Å². The normalized spacial score (nSPS) is 17.9. The number of rotatable bonds is 6. The van der Waals surface area contributed by atoms with Gasteiger partial charge in [-0.2, -0.15) is 0 Å². The summed E-state index contributed by atoms with van der Waals surface area (Å²) in [5, 5.41) is 0. The first-order valence-electron chi connectivity index (χ1n) is 11.7. The molecule has 0 radical (unpaired) electrons. The highest BCUT2D eigenvalue weighted by molar-refractivity contribution is 14.2. The number of likely N-dealkylation sites (N-methyl/N-ethyl adjacent to an activating group) is 1. The molecule has 1 aliphatic rings. The fraction of sp³-hybridized carbons (Fsp3) is 0.310. The SMILES string of the molecule is C=C.C=CC.C=CCC.COP(I)S/C1=C\C(=O)N(C)C/C=C/C/C=C(/Cc2ccc(F)cc2)C=NC1. The lowest BCUT2D eigenvalue weighted by atomic mass is 10.0. The van der Waals surface area contributed by atoms with Gasteiger partial charge in [-0.05, 0) is 71.5 Å². The van der Waals surface area contributed by atoms with Gasteiger partial charge in [0.1, 0.15) is 5.82 Å². The summed E-state index contributed by atoms with van der Waals surface area (Å²) < 4.78 is 18.5. The van der Waals surface area contributed by atoms with E-state index in [1.54, 1.807) is 43.3 Å². The third-order valence-corrected chi connectivity index (χ3v) is 9.62. The molecule has 1 unspecified atom stereocenters. The zero-order chi connectivity index (χ0) is 28.5. The maximum Gasteiger partial charge on any atom is 0.247 e. The summed E-state index contributed by atoms with van der Waals surface area (Å²) in [6, 6.07) is 6.52. The Kier molecular flexibility index (Phi) is 26.1. The third kappa shape index (κ3) is 20.9. The lowest BCUT2D eigenvalue weighted by molar-refractivity contribution is -0.124. The molecular formula is C29H41FIN2O2PS. The smallest absolute Gasteiger partial charge is 0.247 e. The minimum Gasteiger partial charge on any atom is -0.343 e. The van der Waals surface area contributed by atoms with E-state index in [9.17, 15) is 9.18 Å². The molecular weight excluding hydrogens is 617 g/mol. The van der Waals surface area contributed by atoms with Crippen LogP contribution in [0.25, 0.3) is 0 Å². The topological polar surface area (TPSA) is 41.9 Å². The molecule has 0 fully saturated rings. The van der Waals surface area contributed by atoms with Gasteiger partial charge in [0.15, 0.2) is 4.99 Å².